The third-order valence-electron chi connectivity index (χ3n) is 3.02. The van der Waals surface area contributed by atoms with E-state index in [2.05, 4.69) is 5.32 Å². The second-order valence-electron chi connectivity index (χ2n) is 4.46. The minimum absolute atomic E-state index is 0.0417. The van der Waals surface area contributed by atoms with Crippen LogP contribution in [0.3, 0.4) is 0 Å². The first-order chi connectivity index (χ1) is 8.65. The summed E-state index contributed by atoms with van der Waals surface area (Å²) in [5.74, 6) is -1.05. The fourth-order valence-corrected chi connectivity index (χ4v) is 1.91. The molecule has 5 heteroatoms. The zero-order chi connectivity index (χ0) is 13.0. The number of para-hydroxylation sites is 1. The molecule has 1 saturated heterocycles. The molecule has 0 atom stereocenters. The average molecular weight is 248 g/mol. The normalized spacial score (nSPS) is 16.0. The van der Waals surface area contributed by atoms with E-state index in [0.29, 0.717) is 26.1 Å². The summed E-state index contributed by atoms with van der Waals surface area (Å²) < 4.78 is 0. The largest absolute Gasteiger partial charge is 0.481 e. The Morgan fingerprint density at radius 1 is 1.28 bits per heavy atom. The van der Waals surface area contributed by atoms with Gasteiger partial charge in [0.1, 0.15) is 0 Å². The van der Waals surface area contributed by atoms with Gasteiger partial charge in [0.2, 0.25) is 5.91 Å². The summed E-state index contributed by atoms with van der Waals surface area (Å²) in [5.41, 5.74) is 0.787. The molecule has 18 heavy (non-hydrogen) atoms. The molecule has 2 rings (SSSR count). The molecule has 1 aromatic rings. The number of carbonyl (C=O) groups excluding carboxylic acids is 1. The first kappa shape index (κ1) is 12.6. The Bertz CT molecular complexity index is 427. The SMILES string of the molecule is O=C(CCN1CC(C(=O)O)C1)Nc1ccccc1. The molecule has 1 aliphatic heterocycles. The Balaban J connectivity index is 1.66. The number of hydrogen-bond donors (Lipinski definition) is 2. The lowest BCUT2D eigenvalue weighted by Gasteiger charge is -2.36. The smallest absolute Gasteiger partial charge is 0.309 e. The predicted molar refractivity (Wildman–Crippen MR) is 67.3 cm³/mol. The molecule has 1 heterocycles. The molecule has 1 aliphatic rings. The van der Waals surface area contributed by atoms with Crippen molar-refractivity contribution in [2.75, 3.05) is 25.0 Å². The molecule has 0 unspecified atom stereocenters. The fourth-order valence-electron chi connectivity index (χ4n) is 1.91. The standard InChI is InChI=1S/C13H16N2O3/c16-12(14-11-4-2-1-3-5-11)6-7-15-8-10(9-15)13(17)18/h1-5,10H,6-9H2,(H,14,16)(H,17,18). The Labute approximate surface area is 105 Å². The van der Waals surface area contributed by atoms with E-state index in [1.807, 2.05) is 35.2 Å². The van der Waals surface area contributed by atoms with Crippen LogP contribution in [0, 0.1) is 5.92 Å². The topological polar surface area (TPSA) is 69.6 Å². The molecule has 2 N–H and O–H groups in total. The molecule has 5 nitrogen and oxygen atoms in total. The highest BCUT2D eigenvalue weighted by molar-refractivity contribution is 5.90. The molecule has 0 radical (unpaired) electrons. The molecular weight excluding hydrogens is 232 g/mol. The number of hydrogen-bond acceptors (Lipinski definition) is 3. The fraction of sp³-hybridized carbons (Fsp3) is 0.385. The van der Waals surface area contributed by atoms with Gasteiger partial charge in [-0.3, -0.25) is 9.59 Å². The van der Waals surface area contributed by atoms with Gasteiger partial charge in [-0.1, -0.05) is 18.2 Å². The van der Waals surface area contributed by atoms with E-state index in [4.69, 9.17) is 5.11 Å². The van der Waals surface area contributed by atoms with Gasteiger partial charge >= 0.3 is 5.97 Å². The van der Waals surface area contributed by atoms with Crippen molar-refractivity contribution in [3.8, 4) is 0 Å². The summed E-state index contributed by atoms with van der Waals surface area (Å²) in [6.07, 6.45) is 0.390. The van der Waals surface area contributed by atoms with Gasteiger partial charge in [0, 0.05) is 31.7 Å². The lowest BCUT2D eigenvalue weighted by atomic mass is 10.0. The van der Waals surface area contributed by atoms with Crippen molar-refractivity contribution in [2.45, 2.75) is 6.42 Å². The highest BCUT2D eigenvalue weighted by Crippen LogP contribution is 2.15. The molecule has 0 aromatic heterocycles. The van der Waals surface area contributed by atoms with Gasteiger partial charge in [-0.15, -0.1) is 0 Å². The van der Waals surface area contributed by atoms with Crippen molar-refractivity contribution < 1.29 is 14.7 Å². The van der Waals surface area contributed by atoms with E-state index in [-0.39, 0.29) is 11.8 Å². The Kier molecular flexibility index (Phi) is 3.94. The summed E-state index contributed by atoms with van der Waals surface area (Å²) in [6, 6.07) is 9.29. The van der Waals surface area contributed by atoms with Crippen molar-refractivity contribution >= 4 is 17.6 Å². The van der Waals surface area contributed by atoms with Crippen LogP contribution in [0.15, 0.2) is 30.3 Å². The van der Waals surface area contributed by atoms with E-state index in [0.717, 1.165) is 5.69 Å². The Morgan fingerprint density at radius 3 is 2.56 bits per heavy atom. The number of nitrogens with zero attached hydrogens (tertiary/aromatic N) is 1. The first-order valence-corrected chi connectivity index (χ1v) is 5.95. The number of benzene rings is 1. The molecule has 96 valence electrons. The van der Waals surface area contributed by atoms with Crippen LogP contribution in [-0.4, -0.2) is 41.5 Å². The van der Waals surface area contributed by atoms with Gasteiger partial charge in [-0.05, 0) is 12.1 Å². The number of amides is 1. The highest BCUT2D eigenvalue weighted by atomic mass is 16.4. The molecule has 0 bridgehead atoms. The Hall–Kier alpha value is -1.88. The summed E-state index contributed by atoms with van der Waals surface area (Å²) in [4.78, 5) is 24.2. The number of anilines is 1. The van der Waals surface area contributed by atoms with Crippen molar-refractivity contribution in [2.24, 2.45) is 5.92 Å². The van der Waals surface area contributed by atoms with Gasteiger partial charge in [0.15, 0.2) is 0 Å². The van der Waals surface area contributed by atoms with Crippen LogP contribution in [0.5, 0.6) is 0 Å². The first-order valence-electron chi connectivity index (χ1n) is 5.95. The van der Waals surface area contributed by atoms with Crippen molar-refractivity contribution in [3.63, 3.8) is 0 Å². The van der Waals surface area contributed by atoms with Crippen LogP contribution >= 0.6 is 0 Å². The maximum Gasteiger partial charge on any atom is 0.309 e. The predicted octanol–water partition coefficient (Wildman–Crippen LogP) is 1.03. The van der Waals surface area contributed by atoms with Crippen LogP contribution in [0.1, 0.15) is 6.42 Å². The second kappa shape index (κ2) is 5.64. The number of carboxylic acids is 1. The second-order valence-corrected chi connectivity index (χ2v) is 4.46. The number of carboxylic acid groups (broad SMARTS) is 1. The third kappa shape index (κ3) is 3.30. The van der Waals surface area contributed by atoms with Gasteiger partial charge in [0.05, 0.1) is 5.92 Å². The molecule has 0 saturated carbocycles. The lowest BCUT2D eigenvalue weighted by Crippen LogP contribution is -2.50. The van der Waals surface area contributed by atoms with E-state index in [1.165, 1.54) is 0 Å². The van der Waals surface area contributed by atoms with Crippen LogP contribution in [0.25, 0.3) is 0 Å². The molecule has 0 aliphatic carbocycles. The van der Waals surface area contributed by atoms with Crippen molar-refractivity contribution in [3.05, 3.63) is 30.3 Å². The van der Waals surface area contributed by atoms with Crippen LogP contribution in [0.4, 0.5) is 5.69 Å². The number of carbonyl (C=O) groups is 2. The van der Waals surface area contributed by atoms with Gasteiger partial charge in [-0.2, -0.15) is 0 Å². The van der Waals surface area contributed by atoms with Gasteiger partial charge < -0.3 is 15.3 Å². The van der Waals surface area contributed by atoms with E-state index < -0.39 is 5.97 Å². The minimum atomic E-state index is -0.750. The zero-order valence-corrected chi connectivity index (χ0v) is 10.0. The number of aliphatic carboxylic acids is 1. The summed E-state index contributed by atoms with van der Waals surface area (Å²) in [6.45, 7) is 1.71. The highest BCUT2D eigenvalue weighted by Gasteiger charge is 2.32. The zero-order valence-electron chi connectivity index (χ0n) is 10.0. The summed E-state index contributed by atoms with van der Waals surface area (Å²) in [5, 5.41) is 11.5. The van der Waals surface area contributed by atoms with Crippen LogP contribution in [-0.2, 0) is 9.59 Å². The van der Waals surface area contributed by atoms with Crippen molar-refractivity contribution in [1.82, 2.24) is 4.90 Å². The number of nitrogens with one attached hydrogen (secondary N) is 1. The van der Waals surface area contributed by atoms with E-state index in [1.54, 1.807) is 0 Å². The quantitative estimate of drug-likeness (QED) is 0.816. The number of rotatable bonds is 5. The monoisotopic (exact) mass is 248 g/mol. The molecule has 1 fully saturated rings. The van der Waals surface area contributed by atoms with Gasteiger partial charge in [0.25, 0.3) is 0 Å². The summed E-state index contributed by atoms with van der Waals surface area (Å²) >= 11 is 0. The molecular formula is C13H16N2O3. The van der Waals surface area contributed by atoms with Gasteiger partial charge in [-0.25, -0.2) is 0 Å². The van der Waals surface area contributed by atoms with Crippen LogP contribution < -0.4 is 5.32 Å². The maximum atomic E-state index is 11.6. The number of likely N-dealkylation sites (tertiary alicyclic amines) is 1. The molecule has 1 aromatic carbocycles. The van der Waals surface area contributed by atoms with E-state index >= 15 is 0 Å². The summed E-state index contributed by atoms with van der Waals surface area (Å²) in [7, 11) is 0. The maximum absolute atomic E-state index is 11.6. The van der Waals surface area contributed by atoms with E-state index in [9.17, 15) is 9.59 Å². The third-order valence-corrected chi connectivity index (χ3v) is 3.02. The Morgan fingerprint density at radius 2 is 1.94 bits per heavy atom. The molecule has 0 spiro atoms. The molecule has 1 amide bonds. The lowest BCUT2D eigenvalue weighted by molar-refractivity contribution is -0.147. The van der Waals surface area contributed by atoms with Crippen LogP contribution in [0.2, 0.25) is 0 Å². The average Bonchev–Trinajstić information content (AvgIpc) is 2.27. The van der Waals surface area contributed by atoms with Crippen molar-refractivity contribution in [1.29, 1.82) is 0 Å². The minimum Gasteiger partial charge on any atom is -0.481 e.